The van der Waals surface area contributed by atoms with Crippen LogP contribution in [-0.4, -0.2) is 48.6 Å². The smallest absolute Gasteiger partial charge is 0.327 e. The van der Waals surface area contributed by atoms with Crippen molar-refractivity contribution in [2.24, 2.45) is 5.92 Å². The summed E-state index contributed by atoms with van der Waals surface area (Å²) < 4.78 is 52.3. The highest BCUT2D eigenvalue weighted by Crippen LogP contribution is 2.35. The van der Waals surface area contributed by atoms with Crippen molar-refractivity contribution in [2.75, 3.05) is 32.5 Å². The van der Waals surface area contributed by atoms with E-state index >= 15 is 0 Å². The van der Waals surface area contributed by atoms with Gasteiger partial charge in [-0.25, -0.2) is 9.18 Å². The molecule has 1 atom stereocenters. The van der Waals surface area contributed by atoms with Gasteiger partial charge in [0.05, 0.1) is 11.3 Å². The molecule has 1 N–H and O–H groups in total. The fraction of sp³-hybridized carbons (Fsp3) is 0.588. The Bertz CT molecular complexity index is 645. The van der Waals surface area contributed by atoms with E-state index in [0.29, 0.717) is 12.6 Å². The molecule has 0 aliphatic carbocycles. The number of hydrogen-bond donors (Lipinski definition) is 1. The molecule has 0 aromatic heterocycles. The summed E-state index contributed by atoms with van der Waals surface area (Å²) in [6.45, 7) is 5.52. The number of carbonyl (C=O) groups is 1. The van der Waals surface area contributed by atoms with Crippen LogP contribution < -0.4 is 5.32 Å². The Morgan fingerprint density at radius 2 is 2.04 bits per heavy atom. The van der Waals surface area contributed by atoms with Gasteiger partial charge in [-0.15, -0.1) is 0 Å². The Hall–Kier alpha value is -1.83. The van der Waals surface area contributed by atoms with Gasteiger partial charge in [0.25, 0.3) is 0 Å². The van der Waals surface area contributed by atoms with E-state index in [4.69, 9.17) is 0 Å². The average molecular weight is 361 g/mol. The molecule has 140 valence electrons. The zero-order valence-corrected chi connectivity index (χ0v) is 14.7. The van der Waals surface area contributed by atoms with Gasteiger partial charge in [0, 0.05) is 19.1 Å². The maximum absolute atomic E-state index is 14.0. The maximum atomic E-state index is 14.0. The maximum Gasteiger partial charge on any atom is 0.419 e. The predicted molar refractivity (Wildman–Crippen MR) is 87.9 cm³/mol. The van der Waals surface area contributed by atoms with E-state index in [9.17, 15) is 22.4 Å². The van der Waals surface area contributed by atoms with Gasteiger partial charge in [-0.05, 0) is 51.9 Å². The molecular weight excluding hydrogens is 338 g/mol. The Morgan fingerprint density at radius 1 is 1.40 bits per heavy atom. The second-order valence-corrected chi connectivity index (χ2v) is 7.04. The second kappa shape index (κ2) is 6.82. The minimum atomic E-state index is -4.81. The largest absolute Gasteiger partial charge is 0.419 e. The molecule has 1 fully saturated rings. The third-order valence-corrected chi connectivity index (χ3v) is 5.18. The number of nitrogens with zero attached hydrogens (tertiary/aromatic N) is 2. The van der Waals surface area contributed by atoms with Crippen molar-refractivity contribution in [3.63, 3.8) is 0 Å². The molecule has 0 saturated carbocycles. The van der Waals surface area contributed by atoms with E-state index in [1.807, 2.05) is 7.05 Å². The average Bonchev–Trinajstić information content (AvgIpc) is 2.74. The molecule has 0 bridgehead atoms. The zero-order chi connectivity index (χ0) is 19.0. The number of alkyl halides is 3. The standard InChI is InChI=1S/C17H23F4N3O/c1-16(2)11(8-9-24(16)4)10-23(3)15(25)22-13-7-5-6-12(14(13)18)17(19,20)21/h5-7,11H,8-10H2,1-4H3,(H,22,25). The van der Waals surface area contributed by atoms with Gasteiger partial charge in [-0.1, -0.05) is 6.07 Å². The summed E-state index contributed by atoms with van der Waals surface area (Å²) in [5.74, 6) is -1.25. The number of likely N-dealkylation sites (tertiary alicyclic amines) is 1. The van der Waals surface area contributed by atoms with Crippen molar-refractivity contribution in [1.82, 2.24) is 9.80 Å². The molecule has 8 heteroatoms. The third-order valence-electron chi connectivity index (χ3n) is 5.18. The number of carbonyl (C=O) groups excluding carboxylic acids is 1. The molecule has 0 radical (unpaired) electrons. The molecule has 1 aliphatic heterocycles. The molecule has 1 heterocycles. The van der Waals surface area contributed by atoms with Gasteiger partial charge in [-0.3, -0.25) is 0 Å². The Labute approximate surface area is 144 Å². The van der Waals surface area contributed by atoms with Gasteiger partial charge in [0.1, 0.15) is 0 Å². The van der Waals surface area contributed by atoms with Gasteiger partial charge in [0.2, 0.25) is 0 Å². The molecule has 4 nitrogen and oxygen atoms in total. The molecule has 25 heavy (non-hydrogen) atoms. The lowest BCUT2D eigenvalue weighted by atomic mass is 9.88. The second-order valence-electron chi connectivity index (χ2n) is 7.04. The molecule has 2 amide bonds. The van der Waals surface area contributed by atoms with Crippen LogP contribution in [0.3, 0.4) is 0 Å². The number of amides is 2. The van der Waals surface area contributed by atoms with E-state index in [1.54, 1.807) is 7.05 Å². The summed E-state index contributed by atoms with van der Waals surface area (Å²) in [5, 5.41) is 2.23. The first-order valence-corrected chi connectivity index (χ1v) is 8.03. The van der Waals surface area contributed by atoms with Gasteiger partial charge in [0.15, 0.2) is 5.82 Å². The fourth-order valence-electron chi connectivity index (χ4n) is 3.09. The quantitative estimate of drug-likeness (QED) is 0.825. The highest BCUT2D eigenvalue weighted by atomic mass is 19.4. The summed E-state index contributed by atoms with van der Waals surface area (Å²) in [7, 11) is 3.56. The van der Waals surface area contributed by atoms with Crippen LogP contribution >= 0.6 is 0 Å². The van der Waals surface area contributed by atoms with E-state index in [-0.39, 0.29) is 11.5 Å². The van der Waals surface area contributed by atoms with Crippen LogP contribution in [-0.2, 0) is 6.18 Å². The lowest BCUT2D eigenvalue weighted by molar-refractivity contribution is -0.139. The summed E-state index contributed by atoms with van der Waals surface area (Å²) in [6.07, 6.45) is -3.89. The minimum absolute atomic E-state index is 0.0873. The lowest BCUT2D eigenvalue weighted by Gasteiger charge is -2.35. The highest BCUT2D eigenvalue weighted by Gasteiger charge is 2.40. The Kier molecular flexibility index (Phi) is 5.32. The first-order valence-electron chi connectivity index (χ1n) is 8.03. The number of nitrogens with one attached hydrogen (secondary N) is 1. The van der Waals surface area contributed by atoms with Crippen molar-refractivity contribution in [1.29, 1.82) is 0 Å². The fourth-order valence-corrected chi connectivity index (χ4v) is 3.09. The molecule has 1 aromatic carbocycles. The first-order chi connectivity index (χ1) is 11.4. The predicted octanol–water partition coefficient (Wildman–Crippen LogP) is 4.04. The van der Waals surface area contributed by atoms with E-state index in [2.05, 4.69) is 24.1 Å². The normalized spacial score (nSPS) is 20.6. The number of rotatable bonds is 3. The molecule has 1 aromatic rings. The lowest BCUT2D eigenvalue weighted by Crippen LogP contribution is -2.45. The Balaban J connectivity index is 2.07. The number of benzene rings is 1. The Morgan fingerprint density at radius 3 is 2.56 bits per heavy atom. The minimum Gasteiger partial charge on any atom is -0.327 e. The molecule has 1 unspecified atom stereocenters. The number of urea groups is 1. The van der Waals surface area contributed by atoms with E-state index in [1.165, 1.54) is 4.90 Å². The van der Waals surface area contributed by atoms with Crippen molar-refractivity contribution >= 4 is 11.7 Å². The van der Waals surface area contributed by atoms with Crippen LogP contribution in [0.15, 0.2) is 18.2 Å². The molecular formula is C17H23F4N3O. The van der Waals surface area contributed by atoms with Crippen molar-refractivity contribution in [3.8, 4) is 0 Å². The number of halogens is 4. The SMILES string of the molecule is CN(CC1CCN(C)C1(C)C)C(=O)Nc1cccc(C(F)(F)F)c1F. The van der Waals surface area contributed by atoms with Gasteiger partial charge in [-0.2, -0.15) is 13.2 Å². The number of hydrogen-bond acceptors (Lipinski definition) is 2. The molecule has 1 saturated heterocycles. The topological polar surface area (TPSA) is 35.6 Å². The molecule has 0 spiro atoms. The zero-order valence-electron chi connectivity index (χ0n) is 14.7. The van der Waals surface area contributed by atoms with Crippen molar-refractivity contribution in [3.05, 3.63) is 29.6 Å². The number of anilines is 1. The van der Waals surface area contributed by atoms with Crippen LogP contribution in [0, 0.1) is 11.7 Å². The van der Waals surface area contributed by atoms with Gasteiger partial charge >= 0.3 is 12.2 Å². The van der Waals surface area contributed by atoms with Crippen LogP contribution in [0.4, 0.5) is 28.0 Å². The summed E-state index contributed by atoms with van der Waals surface area (Å²) >= 11 is 0. The summed E-state index contributed by atoms with van der Waals surface area (Å²) in [6, 6.07) is 2.19. The van der Waals surface area contributed by atoms with Crippen LogP contribution in [0.5, 0.6) is 0 Å². The molecule has 2 rings (SSSR count). The van der Waals surface area contributed by atoms with Crippen molar-refractivity contribution in [2.45, 2.75) is 32.0 Å². The monoisotopic (exact) mass is 361 g/mol. The van der Waals surface area contributed by atoms with Crippen LogP contribution in [0.1, 0.15) is 25.8 Å². The third kappa shape index (κ3) is 4.05. The van der Waals surface area contributed by atoms with Gasteiger partial charge < -0.3 is 15.1 Å². The van der Waals surface area contributed by atoms with Crippen LogP contribution in [0.25, 0.3) is 0 Å². The van der Waals surface area contributed by atoms with Crippen molar-refractivity contribution < 1.29 is 22.4 Å². The first kappa shape index (κ1) is 19.5. The summed E-state index contributed by atoms with van der Waals surface area (Å²) in [4.78, 5) is 15.8. The summed E-state index contributed by atoms with van der Waals surface area (Å²) in [5.41, 5.74) is -1.96. The van der Waals surface area contributed by atoms with E-state index < -0.39 is 29.3 Å². The highest BCUT2D eigenvalue weighted by molar-refractivity contribution is 5.89. The van der Waals surface area contributed by atoms with E-state index in [0.717, 1.165) is 25.1 Å². The van der Waals surface area contributed by atoms with Crippen LogP contribution in [0.2, 0.25) is 0 Å². The molecule has 1 aliphatic rings.